The van der Waals surface area contributed by atoms with Gasteiger partial charge in [0.25, 0.3) is 0 Å². The molecule has 0 aromatic rings. The minimum Gasteiger partial charge on any atom is -0.287 e. The van der Waals surface area contributed by atoms with Crippen molar-refractivity contribution in [3.8, 4) is 0 Å². The molecule has 0 rings (SSSR count). The number of halogens is 1. The van der Waals surface area contributed by atoms with Gasteiger partial charge in [0, 0.05) is 0 Å². The highest BCUT2D eigenvalue weighted by Gasteiger charge is 2.38. The zero-order valence-corrected chi connectivity index (χ0v) is 12.5. The normalized spacial score (nSPS) is 17.2. The molecule has 0 aliphatic heterocycles. The Bertz CT molecular complexity index is 260. The van der Waals surface area contributed by atoms with Gasteiger partial charge in [0.1, 0.15) is 0 Å². The molecule has 0 aromatic heterocycles. The zero-order valence-electron chi connectivity index (χ0n) is 10.9. The molecule has 0 heterocycles. The molecule has 98 valence electrons. The van der Waals surface area contributed by atoms with E-state index in [0.29, 0.717) is 0 Å². The Labute approximate surface area is 103 Å². The largest absolute Gasteiger partial charge is 0.475 e. The third kappa shape index (κ3) is 6.87. The number of alkyl halides is 1. The van der Waals surface area contributed by atoms with Crippen LogP contribution in [0.1, 0.15) is 41.5 Å². The van der Waals surface area contributed by atoms with Crippen molar-refractivity contribution in [2.75, 3.05) is 12.5 Å². The Hall–Kier alpha value is 0.400. The van der Waals surface area contributed by atoms with Crippen molar-refractivity contribution < 1.29 is 18.1 Å². The Morgan fingerprint density at radius 2 is 1.62 bits per heavy atom. The summed E-state index contributed by atoms with van der Waals surface area (Å²) in [5.41, 5.74) is -1.36. The van der Waals surface area contributed by atoms with Crippen LogP contribution in [-0.4, -0.2) is 23.7 Å². The molecule has 1 unspecified atom stereocenters. The molecule has 16 heavy (non-hydrogen) atoms. The average molecular weight is 273 g/mol. The molecule has 0 N–H and O–H groups in total. The van der Waals surface area contributed by atoms with Gasteiger partial charge in [-0.2, -0.15) is 0 Å². The number of rotatable bonds is 6. The van der Waals surface area contributed by atoms with Crippen molar-refractivity contribution in [3.05, 3.63) is 0 Å². The zero-order chi connectivity index (χ0) is 13.0. The van der Waals surface area contributed by atoms with E-state index in [9.17, 15) is 4.57 Å². The quantitative estimate of drug-likeness (QED) is 0.542. The van der Waals surface area contributed by atoms with E-state index in [0.717, 1.165) is 0 Å². The van der Waals surface area contributed by atoms with E-state index >= 15 is 0 Å². The summed E-state index contributed by atoms with van der Waals surface area (Å²) in [7, 11) is -3.56. The smallest absolute Gasteiger partial charge is 0.287 e. The molecular formula is C10H22ClO4P. The standard InChI is InChI=1S/C10H22ClO4P/c1-7-13-16(12,14-9(2,3)4)15-10(5,6)8-11/h7-8H2,1-6H3. The first-order valence-electron chi connectivity index (χ1n) is 5.26. The van der Waals surface area contributed by atoms with Crippen LogP contribution < -0.4 is 0 Å². The molecule has 0 aliphatic rings. The summed E-state index contributed by atoms with van der Waals surface area (Å²) in [5, 5.41) is 0. The van der Waals surface area contributed by atoms with E-state index in [1.165, 1.54) is 0 Å². The molecule has 4 nitrogen and oxygen atoms in total. The second-order valence-corrected chi connectivity index (χ2v) is 6.84. The van der Waals surface area contributed by atoms with Crippen molar-refractivity contribution >= 4 is 19.4 Å². The van der Waals surface area contributed by atoms with E-state index in [1.54, 1.807) is 41.5 Å². The fourth-order valence-corrected chi connectivity index (χ4v) is 2.82. The highest BCUT2D eigenvalue weighted by atomic mass is 35.5. The molecule has 0 amide bonds. The lowest BCUT2D eigenvalue weighted by Crippen LogP contribution is -2.28. The van der Waals surface area contributed by atoms with Crippen LogP contribution >= 0.6 is 19.4 Å². The second-order valence-electron chi connectivity index (χ2n) is 5.05. The molecule has 0 spiro atoms. The maximum Gasteiger partial charge on any atom is 0.475 e. The monoisotopic (exact) mass is 272 g/mol. The molecular weight excluding hydrogens is 251 g/mol. The highest BCUT2D eigenvalue weighted by molar-refractivity contribution is 7.48. The molecule has 0 saturated heterocycles. The van der Waals surface area contributed by atoms with E-state index in [1.807, 2.05) is 0 Å². The first-order valence-corrected chi connectivity index (χ1v) is 7.25. The van der Waals surface area contributed by atoms with Crippen LogP contribution in [0.15, 0.2) is 0 Å². The topological polar surface area (TPSA) is 44.8 Å². The van der Waals surface area contributed by atoms with E-state index < -0.39 is 19.0 Å². The number of phosphoric ester groups is 1. The van der Waals surface area contributed by atoms with Crippen molar-refractivity contribution in [3.63, 3.8) is 0 Å². The third-order valence-electron chi connectivity index (χ3n) is 1.35. The van der Waals surface area contributed by atoms with E-state index in [2.05, 4.69) is 0 Å². The van der Waals surface area contributed by atoms with Gasteiger partial charge in [-0.25, -0.2) is 4.57 Å². The van der Waals surface area contributed by atoms with Crippen molar-refractivity contribution in [2.24, 2.45) is 0 Å². The number of hydrogen-bond acceptors (Lipinski definition) is 4. The summed E-state index contributed by atoms with van der Waals surface area (Å²) in [6.07, 6.45) is 0. The number of hydrogen-bond donors (Lipinski definition) is 0. The van der Waals surface area contributed by atoms with Crippen LogP contribution in [0.2, 0.25) is 0 Å². The van der Waals surface area contributed by atoms with E-state index in [-0.39, 0.29) is 12.5 Å². The summed E-state index contributed by atoms with van der Waals surface area (Å²) in [5.74, 6) is 0.206. The van der Waals surface area contributed by atoms with Crippen LogP contribution in [0.4, 0.5) is 0 Å². The van der Waals surface area contributed by atoms with Crippen LogP contribution in [0.3, 0.4) is 0 Å². The maximum atomic E-state index is 12.3. The molecule has 0 aromatic carbocycles. The lowest BCUT2D eigenvalue weighted by molar-refractivity contribution is 0.00618. The Balaban J connectivity index is 4.77. The predicted molar refractivity (Wildman–Crippen MR) is 66.0 cm³/mol. The maximum absolute atomic E-state index is 12.3. The third-order valence-corrected chi connectivity index (χ3v) is 4.06. The Morgan fingerprint density at radius 1 is 1.12 bits per heavy atom. The lowest BCUT2D eigenvalue weighted by Gasteiger charge is -2.31. The van der Waals surface area contributed by atoms with Crippen LogP contribution in [-0.2, 0) is 18.1 Å². The highest BCUT2D eigenvalue weighted by Crippen LogP contribution is 2.55. The summed E-state index contributed by atoms with van der Waals surface area (Å²) < 4.78 is 28.1. The second kappa shape index (κ2) is 5.83. The van der Waals surface area contributed by atoms with Gasteiger partial charge in [-0.1, -0.05) is 0 Å². The van der Waals surface area contributed by atoms with Crippen LogP contribution in [0.5, 0.6) is 0 Å². The molecule has 1 atom stereocenters. The van der Waals surface area contributed by atoms with Crippen LogP contribution in [0.25, 0.3) is 0 Å². The van der Waals surface area contributed by atoms with Crippen LogP contribution in [0, 0.1) is 0 Å². The van der Waals surface area contributed by atoms with Gasteiger partial charge in [0.2, 0.25) is 0 Å². The van der Waals surface area contributed by atoms with Gasteiger partial charge >= 0.3 is 7.82 Å². The molecule has 0 fully saturated rings. The fourth-order valence-electron chi connectivity index (χ4n) is 0.892. The fraction of sp³-hybridized carbons (Fsp3) is 1.00. The lowest BCUT2D eigenvalue weighted by atomic mass is 10.2. The van der Waals surface area contributed by atoms with Gasteiger partial charge < -0.3 is 0 Å². The molecule has 0 aliphatic carbocycles. The Kier molecular flexibility index (Phi) is 5.98. The minimum atomic E-state index is -3.56. The summed E-state index contributed by atoms with van der Waals surface area (Å²) in [6, 6.07) is 0. The number of phosphoric acid groups is 1. The molecule has 0 bridgehead atoms. The first-order chi connectivity index (χ1) is 7.04. The van der Waals surface area contributed by atoms with Gasteiger partial charge in [-0.15, -0.1) is 11.6 Å². The first kappa shape index (κ1) is 16.4. The van der Waals surface area contributed by atoms with Gasteiger partial charge in [0.05, 0.1) is 23.7 Å². The van der Waals surface area contributed by atoms with Gasteiger partial charge in [-0.3, -0.25) is 13.6 Å². The Morgan fingerprint density at radius 3 is 1.94 bits per heavy atom. The van der Waals surface area contributed by atoms with E-state index in [4.69, 9.17) is 25.2 Å². The predicted octanol–water partition coefficient (Wildman–Crippen LogP) is 3.98. The molecule has 0 saturated carbocycles. The van der Waals surface area contributed by atoms with Gasteiger partial charge in [0.15, 0.2) is 0 Å². The summed E-state index contributed by atoms with van der Waals surface area (Å²) >= 11 is 5.71. The van der Waals surface area contributed by atoms with Crippen molar-refractivity contribution in [1.29, 1.82) is 0 Å². The average Bonchev–Trinajstić information content (AvgIpc) is 1.99. The molecule has 6 heteroatoms. The van der Waals surface area contributed by atoms with Crippen molar-refractivity contribution in [1.82, 2.24) is 0 Å². The molecule has 0 radical (unpaired) electrons. The summed E-state index contributed by atoms with van der Waals surface area (Å²) in [6.45, 7) is 10.8. The minimum absolute atomic E-state index is 0.206. The van der Waals surface area contributed by atoms with Crippen molar-refractivity contribution in [2.45, 2.75) is 52.7 Å². The SMILES string of the molecule is CCOP(=O)(OC(C)(C)C)OC(C)(C)CCl. The summed E-state index contributed by atoms with van der Waals surface area (Å²) in [4.78, 5) is 0. The van der Waals surface area contributed by atoms with Gasteiger partial charge in [-0.05, 0) is 41.5 Å².